The number of rotatable bonds is 3. The average Bonchev–Trinajstić information content (AvgIpc) is 3.04. The average molecular weight is 392 g/mol. The number of benzene rings is 2. The van der Waals surface area contributed by atoms with E-state index in [9.17, 15) is 15.4 Å². The Morgan fingerprint density at radius 1 is 1.29 bits per heavy atom. The molecule has 1 aromatic heterocycles. The van der Waals surface area contributed by atoms with E-state index in [0.29, 0.717) is 17.0 Å². The fourth-order valence-corrected chi connectivity index (χ4v) is 4.73. The molecule has 0 radical (unpaired) electrons. The first-order valence-corrected chi connectivity index (χ1v) is 9.28. The van der Waals surface area contributed by atoms with Gasteiger partial charge in [-0.05, 0) is 23.8 Å². The van der Waals surface area contributed by atoms with E-state index in [2.05, 4.69) is 6.07 Å². The second-order valence-electron chi connectivity index (χ2n) is 6.62. The fourth-order valence-electron chi connectivity index (χ4n) is 3.46. The van der Waals surface area contributed by atoms with Crippen LogP contribution in [0.15, 0.2) is 53.9 Å². The number of hydrogen-bond acceptors (Lipinski definition) is 7. The molecule has 3 aromatic rings. The summed E-state index contributed by atoms with van der Waals surface area (Å²) in [5.74, 6) is 0.130. The highest BCUT2D eigenvalue weighted by atomic mass is 32.1. The summed E-state index contributed by atoms with van der Waals surface area (Å²) in [6.45, 7) is 0. The van der Waals surface area contributed by atoms with Gasteiger partial charge in [0.25, 0.3) is 5.69 Å². The van der Waals surface area contributed by atoms with Crippen LogP contribution in [0.3, 0.4) is 0 Å². The Bertz CT molecular complexity index is 1190. The van der Waals surface area contributed by atoms with Gasteiger partial charge in [0.05, 0.1) is 15.7 Å². The van der Waals surface area contributed by atoms with E-state index >= 15 is 0 Å². The number of ether oxygens (including phenoxy) is 1. The third-order valence-corrected chi connectivity index (χ3v) is 5.95. The number of nitrogens with zero attached hydrogens (tertiary/aromatic N) is 3. The Hall–Kier alpha value is -3.57. The highest BCUT2D eigenvalue weighted by Gasteiger charge is 2.35. The van der Waals surface area contributed by atoms with Crippen molar-refractivity contribution < 1.29 is 9.66 Å². The zero-order valence-corrected chi connectivity index (χ0v) is 16.0. The summed E-state index contributed by atoms with van der Waals surface area (Å²) in [6.07, 6.45) is 0. The molecule has 0 unspecified atom stereocenters. The molecule has 0 amide bonds. The molecule has 0 saturated carbocycles. The van der Waals surface area contributed by atoms with Gasteiger partial charge in [0, 0.05) is 30.2 Å². The number of hydrogen-bond donors (Lipinski definition) is 1. The smallest absolute Gasteiger partial charge is 0.292 e. The number of fused-ring (bicyclic) bond motifs is 3. The van der Waals surface area contributed by atoms with E-state index in [0.717, 1.165) is 15.0 Å². The van der Waals surface area contributed by atoms with E-state index in [1.165, 1.54) is 17.4 Å². The minimum atomic E-state index is -0.513. The first-order chi connectivity index (χ1) is 13.4. The summed E-state index contributed by atoms with van der Waals surface area (Å²) in [6, 6.07) is 14.9. The monoisotopic (exact) mass is 392 g/mol. The molecule has 8 heteroatoms. The maximum Gasteiger partial charge on any atom is 0.292 e. The maximum atomic E-state index is 11.6. The first-order valence-electron chi connectivity index (χ1n) is 8.47. The van der Waals surface area contributed by atoms with Crippen LogP contribution in [0.4, 0.5) is 11.4 Å². The van der Waals surface area contributed by atoms with Crippen molar-refractivity contribution >= 4 is 32.8 Å². The molecule has 0 bridgehead atoms. The highest BCUT2D eigenvalue weighted by molar-refractivity contribution is 7.19. The Balaban J connectivity index is 1.97. The molecule has 140 valence electrons. The summed E-state index contributed by atoms with van der Waals surface area (Å²) in [4.78, 5) is 13.7. The van der Waals surface area contributed by atoms with Crippen LogP contribution in [0.5, 0.6) is 5.75 Å². The minimum absolute atomic E-state index is 0.0208. The van der Waals surface area contributed by atoms with E-state index in [4.69, 9.17) is 10.5 Å². The molecule has 2 N–H and O–H groups in total. The topological polar surface area (TPSA) is 105 Å². The Kier molecular flexibility index (Phi) is 4.17. The minimum Gasteiger partial charge on any atom is -0.439 e. The van der Waals surface area contributed by atoms with Gasteiger partial charge < -0.3 is 15.4 Å². The van der Waals surface area contributed by atoms with Crippen molar-refractivity contribution in [2.24, 2.45) is 5.73 Å². The van der Waals surface area contributed by atoms with Gasteiger partial charge in [0.15, 0.2) is 5.75 Å². The van der Waals surface area contributed by atoms with Crippen molar-refractivity contribution in [1.29, 1.82) is 5.26 Å². The van der Waals surface area contributed by atoms with Gasteiger partial charge in [-0.3, -0.25) is 10.1 Å². The molecule has 7 nitrogen and oxygen atoms in total. The summed E-state index contributed by atoms with van der Waals surface area (Å²) in [5, 5.41) is 22.2. The third-order valence-electron chi connectivity index (χ3n) is 4.74. The van der Waals surface area contributed by atoms with Crippen LogP contribution in [-0.4, -0.2) is 19.0 Å². The van der Waals surface area contributed by atoms with Gasteiger partial charge in [-0.2, -0.15) is 5.26 Å². The quantitative estimate of drug-likeness (QED) is 0.531. The molecule has 4 rings (SSSR count). The lowest BCUT2D eigenvalue weighted by Gasteiger charge is -2.24. The fraction of sp³-hybridized carbons (Fsp3) is 0.150. The van der Waals surface area contributed by atoms with Gasteiger partial charge >= 0.3 is 0 Å². The first kappa shape index (κ1) is 17.8. The molecule has 2 heterocycles. The zero-order chi connectivity index (χ0) is 20.0. The number of nitriles is 1. The van der Waals surface area contributed by atoms with Crippen molar-refractivity contribution in [2.45, 2.75) is 5.92 Å². The van der Waals surface area contributed by atoms with Crippen LogP contribution in [0.25, 0.3) is 10.1 Å². The van der Waals surface area contributed by atoms with Crippen LogP contribution in [0.2, 0.25) is 0 Å². The molecule has 1 aliphatic rings. The SMILES string of the molecule is CN(C)c1ccc([C@@H]2C(C#N)=C(N)Oc3c2sc2ccccc32)cc1[N+](=O)[O-]. The Labute approximate surface area is 165 Å². The summed E-state index contributed by atoms with van der Waals surface area (Å²) in [7, 11) is 3.50. The number of nitro benzene ring substituents is 1. The molecule has 0 spiro atoms. The summed E-state index contributed by atoms with van der Waals surface area (Å²) >= 11 is 1.50. The van der Waals surface area contributed by atoms with Crippen LogP contribution in [-0.2, 0) is 0 Å². The number of thiophene rings is 1. The molecule has 1 atom stereocenters. The second kappa shape index (κ2) is 6.55. The molecule has 0 saturated heterocycles. The Morgan fingerprint density at radius 3 is 2.71 bits per heavy atom. The van der Waals surface area contributed by atoms with Gasteiger partial charge in [0.2, 0.25) is 5.88 Å². The zero-order valence-electron chi connectivity index (χ0n) is 15.2. The molecule has 2 aromatic carbocycles. The third kappa shape index (κ3) is 2.64. The molecule has 1 aliphatic heterocycles. The van der Waals surface area contributed by atoms with Crippen molar-refractivity contribution in [1.82, 2.24) is 0 Å². The van der Waals surface area contributed by atoms with Crippen LogP contribution < -0.4 is 15.4 Å². The summed E-state index contributed by atoms with van der Waals surface area (Å²) in [5.41, 5.74) is 7.42. The largest absolute Gasteiger partial charge is 0.439 e. The maximum absolute atomic E-state index is 11.6. The standard InChI is InChI=1S/C20H16N4O3S/c1-23(2)14-8-7-11(9-15(14)24(25)26)17-13(10-21)20(22)27-18-12-5-3-4-6-16(12)28-19(17)18/h3-9,17H,22H2,1-2H3/t17-/m1/s1. The highest BCUT2D eigenvalue weighted by Crippen LogP contribution is 2.50. The number of nitro groups is 1. The van der Waals surface area contributed by atoms with Crippen molar-refractivity contribution in [3.8, 4) is 11.8 Å². The van der Waals surface area contributed by atoms with E-state index in [-0.39, 0.29) is 17.1 Å². The van der Waals surface area contributed by atoms with Gasteiger partial charge in [-0.1, -0.05) is 18.2 Å². The van der Waals surface area contributed by atoms with Gasteiger partial charge in [0.1, 0.15) is 17.3 Å². The van der Waals surface area contributed by atoms with Gasteiger partial charge in [-0.25, -0.2) is 0 Å². The van der Waals surface area contributed by atoms with Crippen molar-refractivity contribution in [3.63, 3.8) is 0 Å². The number of allylic oxidation sites excluding steroid dienone is 1. The van der Waals surface area contributed by atoms with Crippen LogP contribution in [0.1, 0.15) is 16.4 Å². The van der Waals surface area contributed by atoms with E-state index in [1.807, 2.05) is 24.3 Å². The molecular formula is C20H16N4O3S. The van der Waals surface area contributed by atoms with Crippen LogP contribution in [0, 0.1) is 21.4 Å². The summed E-state index contributed by atoms with van der Waals surface area (Å²) < 4.78 is 6.79. The van der Waals surface area contributed by atoms with Crippen LogP contribution >= 0.6 is 11.3 Å². The molecular weight excluding hydrogens is 376 g/mol. The lowest BCUT2D eigenvalue weighted by atomic mass is 9.88. The normalized spacial score (nSPS) is 15.7. The van der Waals surface area contributed by atoms with E-state index in [1.54, 1.807) is 31.1 Å². The predicted octanol–water partition coefficient (Wildman–Crippen LogP) is 4.09. The van der Waals surface area contributed by atoms with Crippen molar-refractivity contribution in [2.75, 3.05) is 19.0 Å². The number of nitrogens with two attached hydrogens (primary N) is 1. The number of anilines is 1. The lowest BCUT2D eigenvalue weighted by molar-refractivity contribution is -0.384. The molecule has 0 aliphatic carbocycles. The second-order valence-corrected chi connectivity index (χ2v) is 7.70. The predicted molar refractivity (Wildman–Crippen MR) is 109 cm³/mol. The Morgan fingerprint density at radius 2 is 2.04 bits per heavy atom. The molecule has 28 heavy (non-hydrogen) atoms. The van der Waals surface area contributed by atoms with Crippen molar-refractivity contribution in [3.05, 3.63) is 74.5 Å². The molecule has 0 fully saturated rings. The lowest BCUT2D eigenvalue weighted by Crippen LogP contribution is -2.20. The van der Waals surface area contributed by atoms with E-state index < -0.39 is 10.8 Å². The van der Waals surface area contributed by atoms with Gasteiger partial charge in [-0.15, -0.1) is 11.3 Å².